The van der Waals surface area contributed by atoms with Gasteiger partial charge in [0, 0.05) is 16.3 Å². The van der Waals surface area contributed by atoms with E-state index < -0.39 is 11.2 Å². The number of hydrogen-bond acceptors (Lipinski definition) is 4. The predicted molar refractivity (Wildman–Crippen MR) is 89.4 cm³/mol. The van der Waals surface area contributed by atoms with Gasteiger partial charge in [-0.25, -0.2) is 4.39 Å². The van der Waals surface area contributed by atoms with Crippen LogP contribution in [-0.4, -0.2) is 21.4 Å². The first-order valence-electron chi connectivity index (χ1n) is 7.03. The van der Waals surface area contributed by atoms with Crippen molar-refractivity contribution in [1.29, 1.82) is 0 Å². The van der Waals surface area contributed by atoms with E-state index in [1.807, 2.05) is 24.3 Å². The smallest absolute Gasteiger partial charge is 0.230 e. The van der Waals surface area contributed by atoms with Crippen LogP contribution in [0.5, 0.6) is 0 Å². The average molecular weight is 327 g/mol. The fraction of sp³-hybridized carbons (Fsp3) is 0.118. The standard InChI is InChI=1S/C17H14FN3OS/c1-10(16(19)22)23-17-14-5-3-2-4-13(14)15(20-21-17)11-6-8-12(18)9-7-11/h2-10H,1H3,(H2,19,22). The van der Waals surface area contributed by atoms with Gasteiger partial charge in [0.2, 0.25) is 5.91 Å². The summed E-state index contributed by atoms with van der Waals surface area (Å²) in [6.45, 7) is 1.73. The Hall–Kier alpha value is -2.47. The van der Waals surface area contributed by atoms with Crippen LogP contribution < -0.4 is 5.73 Å². The van der Waals surface area contributed by atoms with Gasteiger partial charge in [-0.1, -0.05) is 36.0 Å². The lowest BCUT2D eigenvalue weighted by atomic mass is 10.1. The fourth-order valence-electron chi connectivity index (χ4n) is 2.21. The summed E-state index contributed by atoms with van der Waals surface area (Å²) in [5, 5.41) is 10.6. The summed E-state index contributed by atoms with van der Waals surface area (Å²) in [5.41, 5.74) is 6.78. The summed E-state index contributed by atoms with van der Waals surface area (Å²) < 4.78 is 13.1. The lowest BCUT2D eigenvalue weighted by molar-refractivity contribution is -0.117. The third-order valence-corrected chi connectivity index (χ3v) is 4.57. The molecule has 0 aliphatic carbocycles. The van der Waals surface area contributed by atoms with Crippen molar-refractivity contribution in [2.75, 3.05) is 0 Å². The second-order valence-corrected chi connectivity index (χ2v) is 6.40. The van der Waals surface area contributed by atoms with E-state index in [-0.39, 0.29) is 5.82 Å². The third-order valence-electron chi connectivity index (χ3n) is 3.46. The molecule has 4 nitrogen and oxygen atoms in total. The molecular formula is C17H14FN3OS. The zero-order valence-corrected chi connectivity index (χ0v) is 13.2. The Balaban J connectivity index is 2.12. The zero-order valence-electron chi connectivity index (χ0n) is 12.4. The van der Waals surface area contributed by atoms with Crippen molar-refractivity contribution in [3.8, 4) is 11.3 Å². The average Bonchev–Trinajstić information content (AvgIpc) is 2.56. The molecule has 0 aliphatic rings. The summed E-state index contributed by atoms with van der Waals surface area (Å²) in [4.78, 5) is 11.3. The normalized spacial score (nSPS) is 12.3. The van der Waals surface area contributed by atoms with Crippen LogP contribution in [0.1, 0.15) is 6.92 Å². The molecule has 23 heavy (non-hydrogen) atoms. The number of benzene rings is 2. The Bertz CT molecular complexity index is 867. The van der Waals surface area contributed by atoms with E-state index in [0.29, 0.717) is 10.7 Å². The number of hydrogen-bond donors (Lipinski definition) is 1. The van der Waals surface area contributed by atoms with E-state index in [2.05, 4.69) is 10.2 Å². The monoisotopic (exact) mass is 327 g/mol. The number of amides is 1. The van der Waals surface area contributed by atoms with Gasteiger partial charge in [-0.2, -0.15) is 0 Å². The second kappa shape index (κ2) is 6.34. The van der Waals surface area contributed by atoms with Crippen LogP contribution in [0.15, 0.2) is 53.6 Å². The Morgan fingerprint density at radius 2 is 1.74 bits per heavy atom. The summed E-state index contributed by atoms with van der Waals surface area (Å²) in [7, 11) is 0. The Kier molecular flexibility index (Phi) is 4.25. The number of thioether (sulfide) groups is 1. The van der Waals surface area contributed by atoms with Crippen molar-refractivity contribution in [2.24, 2.45) is 5.73 Å². The van der Waals surface area contributed by atoms with E-state index in [4.69, 9.17) is 5.73 Å². The van der Waals surface area contributed by atoms with Crippen LogP contribution in [-0.2, 0) is 4.79 Å². The predicted octanol–water partition coefficient (Wildman–Crippen LogP) is 3.40. The third kappa shape index (κ3) is 3.17. The molecule has 2 aromatic carbocycles. The second-order valence-electron chi connectivity index (χ2n) is 5.07. The molecule has 0 fully saturated rings. The largest absolute Gasteiger partial charge is 0.369 e. The van der Waals surface area contributed by atoms with Gasteiger partial charge in [0.25, 0.3) is 0 Å². The van der Waals surface area contributed by atoms with Gasteiger partial charge < -0.3 is 5.73 Å². The van der Waals surface area contributed by atoms with Gasteiger partial charge in [-0.15, -0.1) is 10.2 Å². The molecular weight excluding hydrogens is 313 g/mol. The van der Waals surface area contributed by atoms with Gasteiger partial charge in [-0.3, -0.25) is 4.79 Å². The van der Waals surface area contributed by atoms with E-state index in [9.17, 15) is 9.18 Å². The molecule has 116 valence electrons. The van der Waals surface area contributed by atoms with Crippen LogP contribution >= 0.6 is 11.8 Å². The van der Waals surface area contributed by atoms with Gasteiger partial charge in [0.15, 0.2) is 0 Å². The highest BCUT2D eigenvalue weighted by Crippen LogP contribution is 2.33. The molecule has 0 aliphatic heterocycles. The molecule has 6 heteroatoms. The first-order chi connectivity index (χ1) is 11.1. The van der Waals surface area contributed by atoms with Crippen molar-refractivity contribution in [2.45, 2.75) is 17.2 Å². The van der Waals surface area contributed by atoms with Crippen LogP contribution in [0.2, 0.25) is 0 Å². The van der Waals surface area contributed by atoms with Gasteiger partial charge in [0.1, 0.15) is 16.5 Å². The van der Waals surface area contributed by atoms with E-state index >= 15 is 0 Å². The molecule has 1 unspecified atom stereocenters. The van der Waals surface area contributed by atoms with E-state index in [1.165, 1.54) is 23.9 Å². The molecule has 1 heterocycles. The number of rotatable bonds is 4. The maximum atomic E-state index is 13.1. The number of nitrogens with zero attached hydrogens (tertiary/aromatic N) is 2. The SMILES string of the molecule is CC(Sc1nnc(-c2ccc(F)cc2)c2ccccc12)C(N)=O. The summed E-state index contributed by atoms with van der Waals surface area (Å²) in [6.07, 6.45) is 0. The highest BCUT2D eigenvalue weighted by molar-refractivity contribution is 8.00. The van der Waals surface area contributed by atoms with Crippen LogP contribution in [0.3, 0.4) is 0 Å². The van der Waals surface area contributed by atoms with Crippen molar-refractivity contribution in [1.82, 2.24) is 10.2 Å². The van der Waals surface area contributed by atoms with Crippen molar-refractivity contribution < 1.29 is 9.18 Å². The molecule has 0 spiro atoms. The van der Waals surface area contributed by atoms with Crippen molar-refractivity contribution >= 4 is 28.4 Å². The molecule has 0 radical (unpaired) electrons. The fourth-order valence-corrected chi connectivity index (χ4v) is 3.06. The zero-order chi connectivity index (χ0) is 16.4. The van der Waals surface area contributed by atoms with Gasteiger partial charge in [-0.05, 0) is 31.2 Å². The highest BCUT2D eigenvalue weighted by Gasteiger charge is 2.16. The topological polar surface area (TPSA) is 68.9 Å². The minimum atomic E-state index is -0.400. The lowest BCUT2D eigenvalue weighted by Gasteiger charge is -2.11. The summed E-state index contributed by atoms with van der Waals surface area (Å²) in [5.74, 6) is -0.697. The van der Waals surface area contributed by atoms with Crippen LogP contribution in [0.4, 0.5) is 4.39 Å². The van der Waals surface area contributed by atoms with Crippen LogP contribution in [0, 0.1) is 5.82 Å². The number of carbonyl (C=O) groups is 1. The number of primary amides is 1. The van der Waals surface area contributed by atoms with E-state index in [1.54, 1.807) is 19.1 Å². The molecule has 1 amide bonds. The molecule has 3 aromatic rings. The summed E-state index contributed by atoms with van der Waals surface area (Å²) >= 11 is 1.28. The molecule has 0 saturated heterocycles. The Labute approximate surface area is 136 Å². The molecule has 0 saturated carbocycles. The van der Waals surface area contributed by atoms with Gasteiger partial charge in [0.05, 0.1) is 5.25 Å². The van der Waals surface area contributed by atoms with Crippen molar-refractivity contribution in [3.63, 3.8) is 0 Å². The molecule has 1 atom stereocenters. The van der Waals surface area contributed by atoms with Crippen LogP contribution in [0.25, 0.3) is 22.0 Å². The summed E-state index contributed by atoms with van der Waals surface area (Å²) in [6, 6.07) is 13.8. The number of carbonyl (C=O) groups excluding carboxylic acids is 1. The maximum Gasteiger partial charge on any atom is 0.230 e. The first-order valence-corrected chi connectivity index (χ1v) is 7.91. The first kappa shape index (κ1) is 15.4. The van der Waals surface area contributed by atoms with Gasteiger partial charge >= 0.3 is 0 Å². The molecule has 0 bridgehead atoms. The molecule has 1 aromatic heterocycles. The number of halogens is 1. The molecule has 2 N–H and O–H groups in total. The Morgan fingerprint density at radius 1 is 1.09 bits per heavy atom. The highest BCUT2D eigenvalue weighted by atomic mass is 32.2. The lowest BCUT2D eigenvalue weighted by Crippen LogP contribution is -2.22. The minimum absolute atomic E-state index is 0.298. The van der Waals surface area contributed by atoms with Crippen molar-refractivity contribution in [3.05, 3.63) is 54.3 Å². The maximum absolute atomic E-state index is 13.1. The number of fused-ring (bicyclic) bond motifs is 1. The molecule has 3 rings (SSSR count). The number of nitrogens with two attached hydrogens (primary N) is 1. The quantitative estimate of drug-likeness (QED) is 0.746. The van der Waals surface area contributed by atoms with E-state index in [0.717, 1.165) is 16.3 Å². The Morgan fingerprint density at radius 3 is 2.39 bits per heavy atom. The minimum Gasteiger partial charge on any atom is -0.369 e. The number of aromatic nitrogens is 2.